The number of rotatable bonds is 3. The molecule has 0 saturated carbocycles. The second kappa shape index (κ2) is 6.43. The molecule has 23 heavy (non-hydrogen) atoms. The van der Waals surface area contributed by atoms with Crippen LogP contribution in [0.2, 0.25) is 0 Å². The summed E-state index contributed by atoms with van der Waals surface area (Å²) in [6.45, 7) is 1.45. The van der Waals surface area contributed by atoms with Crippen LogP contribution in [0.4, 0.5) is 10.8 Å². The van der Waals surface area contributed by atoms with Gasteiger partial charge in [-0.1, -0.05) is 11.3 Å². The maximum Gasteiger partial charge on any atom is 0.259 e. The quantitative estimate of drug-likeness (QED) is 0.714. The molecule has 0 spiro atoms. The van der Waals surface area contributed by atoms with Gasteiger partial charge in [-0.25, -0.2) is 4.98 Å². The van der Waals surface area contributed by atoms with E-state index >= 15 is 0 Å². The van der Waals surface area contributed by atoms with Gasteiger partial charge in [0.25, 0.3) is 5.91 Å². The summed E-state index contributed by atoms with van der Waals surface area (Å²) in [6.07, 6.45) is 3.10. The van der Waals surface area contributed by atoms with E-state index in [9.17, 15) is 9.59 Å². The Balaban J connectivity index is 1.83. The van der Waals surface area contributed by atoms with Crippen molar-refractivity contribution in [1.29, 1.82) is 0 Å². The Hall–Kier alpha value is -2.32. The standard InChI is InChI=1S/C15H11BrN4O2S/c1-8(21)18-11-2-3-12-13(5-11)23-15(19-12)20-14(22)9-4-10(16)7-17-6-9/h2-7H,1H3,(H,18,21)(H,19,20,22). The predicted octanol–water partition coefficient (Wildman–Crippen LogP) is 3.66. The highest BCUT2D eigenvalue weighted by atomic mass is 79.9. The molecule has 6 nitrogen and oxygen atoms in total. The number of amides is 2. The Morgan fingerprint density at radius 1 is 1.17 bits per heavy atom. The number of pyridine rings is 1. The van der Waals surface area contributed by atoms with Crippen LogP contribution in [0.3, 0.4) is 0 Å². The Bertz CT molecular complexity index is 909. The molecule has 0 saturated heterocycles. The van der Waals surface area contributed by atoms with Crippen molar-refractivity contribution >= 4 is 60.1 Å². The lowest BCUT2D eigenvalue weighted by atomic mass is 10.3. The zero-order valence-corrected chi connectivity index (χ0v) is 14.4. The van der Waals surface area contributed by atoms with Gasteiger partial charge in [-0.2, -0.15) is 0 Å². The number of anilines is 2. The van der Waals surface area contributed by atoms with Crippen molar-refractivity contribution in [3.63, 3.8) is 0 Å². The third-order valence-corrected chi connectivity index (χ3v) is 4.26. The van der Waals surface area contributed by atoms with E-state index in [-0.39, 0.29) is 11.8 Å². The lowest BCUT2D eigenvalue weighted by Gasteiger charge is -2.01. The minimum Gasteiger partial charge on any atom is -0.326 e. The van der Waals surface area contributed by atoms with Crippen LogP contribution in [0.25, 0.3) is 10.2 Å². The summed E-state index contributed by atoms with van der Waals surface area (Å²) in [7, 11) is 0. The van der Waals surface area contributed by atoms with Gasteiger partial charge in [0.2, 0.25) is 5.91 Å². The monoisotopic (exact) mass is 390 g/mol. The van der Waals surface area contributed by atoms with Gasteiger partial charge in [0, 0.05) is 29.5 Å². The SMILES string of the molecule is CC(=O)Nc1ccc2nc(NC(=O)c3cncc(Br)c3)sc2c1. The van der Waals surface area contributed by atoms with Crippen LogP contribution in [0.1, 0.15) is 17.3 Å². The molecule has 2 N–H and O–H groups in total. The summed E-state index contributed by atoms with van der Waals surface area (Å²) in [4.78, 5) is 31.6. The van der Waals surface area contributed by atoms with E-state index in [1.165, 1.54) is 24.5 Å². The van der Waals surface area contributed by atoms with Crippen LogP contribution in [-0.2, 0) is 4.79 Å². The van der Waals surface area contributed by atoms with Crippen LogP contribution >= 0.6 is 27.3 Å². The summed E-state index contributed by atoms with van der Waals surface area (Å²) in [6, 6.07) is 7.08. The Morgan fingerprint density at radius 2 is 2.00 bits per heavy atom. The third kappa shape index (κ3) is 3.72. The first kappa shape index (κ1) is 15.6. The van der Waals surface area contributed by atoms with E-state index < -0.39 is 0 Å². The van der Waals surface area contributed by atoms with E-state index in [0.29, 0.717) is 16.4 Å². The fraction of sp³-hybridized carbons (Fsp3) is 0.0667. The van der Waals surface area contributed by atoms with Crippen molar-refractivity contribution in [1.82, 2.24) is 9.97 Å². The average Bonchev–Trinajstić information content (AvgIpc) is 2.88. The molecule has 116 valence electrons. The van der Waals surface area contributed by atoms with Crippen molar-refractivity contribution in [2.75, 3.05) is 10.6 Å². The zero-order valence-electron chi connectivity index (χ0n) is 12.0. The summed E-state index contributed by atoms with van der Waals surface area (Å²) in [5.74, 6) is -0.413. The van der Waals surface area contributed by atoms with E-state index in [1.807, 2.05) is 6.07 Å². The molecule has 8 heteroatoms. The largest absolute Gasteiger partial charge is 0.326 e. The highest BCUT2D eigenvalue weighted by molar-refractivity contribution is 9.10. The molecule has 0 fully saturated rings. The minimum absolute atomic E-state index is 0.135. The molecule has 0 bridgehead atoms. The van der Waals surface area contributed by atoms with Crippen LogP contribution in [0.15, 0.2) is 41.1 Å². The number of benzene rings is 1. The fourth-order valence-electron chi connectivity index (χ4n) is 1.96. The second-order valence-corrected chi connectivity index (χ2v) is 6.67. The molecule has 0 atom stereocenters. The van der Waals surface area contributed by atoms with Gasteiger partial charge >= 0.3 is 0 Å². The molecule has 0 radical (unpaired) electrons. The second-order valence-electron chi connectivity index (χ2n) is 4.73. The number of aromatic nitrogens is 2. The number of fused-ring (bicyclic) bond motifs is 1. The van der Waals surface area contributed by atoms with Gasteiger partial charge in [0.05, 0.1) is 15.8 Å². The van der Waals surface area contributed by atoms with E-state index in [4.69, 9.17) is 0 Å². The number of hydrogen-bond acceptors (Lipinski definition) is 5. The number of thiazole rings is 1. The lowest BCUT2D eigenvalue weighted by Crippen LogP contribution is -2.11. The summed E-state index contributed by atoms with van der Waals surface area (Å²) in [5, 5.41) is 5.96. The van der Waals surface area contributed by atoms with E-state index in [1.54, 1.807) is 24.4 Å². The minimum atomic E-state index is -0.278. The molecule has 0 aliphatic rings. The molecule has 2 heterocycles. The molecular weight excluding hydrogens is 380 g/mol. The van der Waals surface area contributed by atoms with E-state index in [0.717, 1.165) is 14.7 Å². The number of halogens is 1. The first-order chi connectivity index (χ1) is 11.0. The molecule has 3 rings (SSSR count). The molecule has 0 aliphatic heterocycles. The van der Waals surface area contributed by atoms with Gasteiger partial charge in [-0.15, -0.1) is 0 Å². The van der Waals surface area contributed by atoms with Gasteiger partial charge < -0.3 is 5.32 Å². The van der Waals surface area contributed by atoms with Gasteiger partial charge in [-0.05, 0) is 40.2 Å². The maximum atomic E-state index is 12.2. The van der Waals surface area contributed by atoms with Crippen LogP contribution in [0, 0.1) is 0 Å². The first-order valence-corrected chi connectivity index (χ1v) is 8.22. The highest BCUT2D eigenvalue weighted by Crippen LogP contribution is 2.28. The Labute approximate surface area is 144 Å². The number of nitrogens with one attached hydrogen (secondary N) is 2. The van der Waals surface area contributed by atoms with Crippen molar-refractivity contribution < 1.29 is 9.59 Å². The van der Waals surface area contributed by atoms with Crippen LogP contribution in [-0.4, -0.2) is 21.8 Å². The molecule has 1 aromatic carbocycles. The average molecular weight is 391 g/mol. The zero-order chi connectivity index (χ0) is 16.4. The molecular formula is C15H11BrN4O2S. The van der Waals surface area contributed by atoms with Crippen LogP contribution in [0.5, 0.6) is 0 Å². The van der Waals surface area contributed by atoms with Crippen molar-refractivity contribution in [3.8, 4) is 0 Å². The number of nitrogens with zero attached hydrogens (tertiary/aromatic N) is 2. The molecule has 2 aromatic heterocycles. The Kier molecular flexibility index (Phi) is 4.35. The predicted molar refractivity (Wildman–Crippen MR) is 93.8 cm³/mol. The topological polar surface area (TPSA) is 84.0 Å². The number of carbonyl (C=O) groups excluding carboxylic acids is 2. The number of hydrogen-bond donors (Lipinski definition) is 2. The van der Waals surface area contributed by atoms with E-state index in [2.05, 4.69) is 36.5 Å². The summed E-state index contributed by atoms with van der Waals surface area (Å²) < 4.78 is 1.60. The van der Waals surface area contributed by atoms with Crippen molar-refractivity contribution in [3.05, 3.63) is 46.7 Å². The van der Waals surface area contributed by atoms with Crippen molar-refractivity contribution in [2.45, 2.75) is 6.92 Å². The number of carbonyl (C=O) groups is 2. The summed E-state index contributed by atoms with van der Waals surface area (Å²) in [5.41, 5.74) is 1.90. The van der Waals surface area contributed by atoms with Crippen molar-refractivity contribution in [2.24, 2.45) is 0 Å². The molecule has 0 aliphatic carbocycles. The van der Waals surface area contributed by atoms with Gasteiger partial charge in [-0.3, -0.25) is 19.9 Å². The molecule has 0 unspecified atom stereocenters. The van der Waals surface area contributed by atoms with Gasteiger partial charge in [0.1, 0.15) is 0 Å². The molecule has 2 amide bonds. The normalized spacial score (nSPS) is 10.5. The summed E-state index contributed by atoms with van der Waals surface area (Å²) >= 11 is 4.62. The molecule has 3 aromatic rings. The first-order valence-electron chi connectivity index (χ1n) is 6.61. The third-order valence-electron chi connectivity index (χ3n) is 2.90. The smallest absolute Gasteiger partial charge is 0.259 e. The van der Waals surface area contributed by atoms with Crippen LogP contribution < -0.4 is 10.6 Å². The Morgan fingerprint density at radius 3 is 2.74 bits per heavy atom. The fourth-order valence-corrected chi connectivity index (χ4v) is 3.23. The maximum absolute atomic E-state index is 12.2. The van der Waals surface area contributed by atoms with Gasteiger partial charge in [0.15, 0.2) is 5.13 Å². The highest BCUT2D eigenvalue weighted by Gasteiger charge is 2.11. The lowest BCUT2D eigenvalue weighted by molar-refractivity contribution is -0.114.